The first kappa shape index (κ1) is 12.4. The fourth-order valence-electron chi connectivity index (χ4n) is 2.21. The van der Waals surface area contributed by atoms with Crippen molar-refractivity contribution in [2.24, 2.45) is 0 Å². The van der Waals surface area contributed by atoms with Crippen LogP contribution in [0.4, 0.5) is 0 Å². The van der Waals surface area contributed by atoms with E-state index in [1.54, 1.807) is 11.0 Å². The third-order valence-corrected chi connectivity index (χ3v) is 3.52. The molecule has 1 heterocycles. The lowest BCUT2D eigenvalue weighted by molar-refractivity contribution is 0.101. The molecule has 0 spiro atoms. The van der Waals surface area contributed by atoms with E-state index in [1.807, 2.05) is 56.3 Å². The van der Waals surface area contributed by atoms with Gasteiger partial charge in [0.15, 0.2) is 0 Å². The molecule has 4 heteroatoms. The van der Waals surface area contributed by atoms with Gasteiger partial charge in [0.2, 0.25) is 0 Å². The van der Waals surface area contributed by atoms with Crippen LogP contribution >= 0.6 is 0 Å². The minimum absolute atomic E-state index is 0.130. The molecule has 0 saturated carbocycles. The summed E-state index contributed by atoms with van der Waals surface area (Å²) in [6.45, 7) is 3.95. The summed E-state index contributed by atoms with van der Waals surface area (Å²) in [5.41, 5.74) is 7.38. The highest BCUT2D eigenvalue weighted by molar-refractivity contribution is 6.02. The Labute approximate surface area is 117 Å². The first-order chi connectivity index (χ1) is 9.66. The van der Waals surface area contributed by atoms with Gasteiger partial charge in [0.25, 0.3) is 5.91 Å². The van der Waals surface area contributed by atoms with E-state index in [0.29, 0.717) is 5.56 Å². The van der Waals surface area contributed by atoms with Crippen LogP contribution in [0.25, 0.3) is 11.0 Å². The normalized spacial score (nSPS) is 10.7. The Morgan fingerprint density at radius 1 is 1.10 bits per heavy atom. The van der Waals surface area contributed by atoms with Crippen molar-refractivity contribution in [1.82, 2.24) is 9.66 Å². The second-order valence-electron chi connectivity index (χ2n) is 4.79. The average molecular weight is 265 g/mol. The van der Waals surface area contributed by atoms with Gasteiger partial charge in [-0.25, -0.2) is 9.66 Å². The van der Waals surface area contributed by atoms with Crippen LogP contribution in [0.3, 0.4) is 0 Å². The molecule has 3 aromatic rings. The molecule has 4 nitrogen and oxygen atoms in total. The summed E-state index contributed by atoms with van der Waals surface area (Å²) in [5.74, 6) is -0.130. The highest BCUT2D eigenvalue weighted by Crippen LogP contribution is 2.14. The van der Waals surface area contributed by atoms with Gasteiger partial charge >= 0.3 is 0 Å². The Bertz CT molecular complexity index is 789. The van der Waals surface area contributed by atoms with Gasteiger partial charge in [0.1, 0.15) is 6.33 Å². The number of carbonyl (C=O) groups excluding carboxylic acids is 1. The minimum atomic E-state index is -0.130. The molecular weight excluding hydrogens is 250 g/mol. The van der Waals surface area contributed by atoms with Crippen LogP contribution in [0, 0.1) is 13.8 Å². The van der Waals surface area contributed by atoms with Crippen LogP contribution in [-0.2, 0) is 0 Å². The van der Waals surface area contributed by atoms with Crippen molar-refractivity contribution in [2.45, 2.75) is 13.8 Å². The number of nitrogens with zero attached hydrogens (tertiary/aromatic N) is 2. The van der Waals surface area contributed by atoms with Gasteiger partial charge in [0, 0.05) is 5.56 Å². The Kier molecular flexibility index (Phi) is 2.99. The molecule has 2 aromatic carbocycles. The number of amides is 1. The molecule has 0 saturated heterocycles. The second kappa shape index (κ2) is 4.81. The summed E-state index contributed by atoms with van der Waals surface area (Å²) in [6, 6.07) is 13.4. The molecule has 0 aliphatic heterocycles. The second-order valence-corrected chi connectivity index (χ2v) is 4.79. The molecule has 1 aromatic heterocycles. The monoisotopic (exact) mass is 265 g/mol. The predicted molar refractivity (Wildman–Crippen MR) is 79.3 cm³/mol. The minimum Gasteiger partial charge on any atom is -0.267 e. The van der Waals surface area contributed by atoms with E-state index in [0.717, 1.165) is 22.2 Å². The van der Waals surface area contributed by atoms with Crippen molar-refractivity contribution in [1.29, 1.82) is 0 Å². The first-order valence-electron chi connectivity index (χ1n) is 6.46. The maximum atomic E-state index is 12.4. The Hall–Kier alpha value is -2.62. The summed E-state index contributed by atoms with van der Waals surface area (Å²) in [5, 5.41) is 0. The number of hydrogen-bond donors (Lipinski definition) is 1. The number of aromatic nitrogens is 2. The van der Waals surface area contributed by atoms with Crippen LogP contribution in [0.15, 0.2) is 48.8 Å². The number of fused-ring (bicyclic) bond motifs is 1. The van der Waals surface area contributed by atoms with Gasteiger partial charge < -0.3 is 0 Å². The van der Waals surface area contributed by atoms with E-state index in [-0.39, 0.29) is 5.91 Å². The molecule has 0 aliphatic carbocycles. The molecule has 1 amide bonds. The van der Waals surface area contributed by atoms with Crippen LogP contribution in [0.5, 0.6) is 0 Å². The smallest absolute Gasteiger partial charge is 0.267 e. The summed E-state index contributed by atoms with van der Waals surface area (Å²) in [7, 11) is 0. The number of nitrogens with one attached hydrogen (secondary N) is 1. The van der Waals surface area contributed by atoms with Gasteiger partial charge in [-0.2, -0.15) is 0 Å². The van der Waals surface area contributed by atoms with E-state index in [4.69, 9.17) is 0 Å². The van der Waals surface area contributed by atoms with Crippen molar-refractivity contribution in [3.05, 3.63) is 65.5 Å². The van der Waals surface area contributed by atoms with Gasteiger partial charge in [-0.05, 0) is 43.2 Å². The zero-order valence-electron chi connectivity index (χ0n) is 11.4. The highest BCUT2D eigenvalue weighted by Gasteiger charge is 2.11. The molecule has 20 heavy (non-hydrogen) atoms. The summed E-state index contributed by atoms with van der Waals surface area (Å²) < 4.78 is 1.65. The van der Waals surface area contributed by atoms with Crippen LogP contribution in [-0.4, -0.2) is 15.6 Å². The Morgan fingerprint density at radius 2 is 1.90 bits per heavy atom. The molecule has 0 radical (unpaired) electrons. The average Bonchev–Trinajstić information content (AvgIpc) is 2.85. The fourth-order valence-corrected chi connectivity index (χ4v) is 2.21. The predicted octanol–water partition coefficient (Wildman–Crippen LogP) is 3.04. The van der Waals surface area contributed by atoms with Crippen LogP contribution < -0.4 is 5.43 Å². The van der Waals surface area contributed by atoms with Crippen LogP contribution in [0.2, 0.25) is 0 Å². The number of aryl methyl sites for hydroxylation is 1. The van der Waals surface area contributed by atoms with Crippen molar-refractivity contribution >= 4 is 16.9 Å². The first-order valence-corrected chi connectivity index (χ1v) is 6.46. The van der Waals surface area contributed by atoms with E-state index >= 15 is 0 Å². The molecule has 100 valence electrons. The van der Waals surface area contributed by atoms with Crippen molar-refractivity contribution in [3.8, 4) is 0 Å². The largest absolute Gasteiger partial charge is 0.270 e. The zero-order valence-corrected chi connectivity index (χ0v) is 11.4. The van der Waals surface area contributed by atoms with Crippen LogP contribution in [0.1, 0.15) is 21.5 Å². The maximum absolute atomic E-state index is 12.4. The molecule has 0 bridgehead atoms. The molecule has 1 N–H and O–H groups in total. The highest BCUT2D eigenvalue weighted by atomic mass is 16.2. The van der Waals surface area contributed by atoms with E-state index < -0.39 is 0 Å². The van der Waals surface area contributed by atoms with E-state index in [9.17, 15) is 4.79 Å². The van der Waals surface area contributed by atoms with Crippen molar-refractivity contribution < 1.29 is 4.79 Å². The van der Waals surface area contributed by atoms with Gasteiger partial charge in [-0.3, -0.25) is 10.2 Å². The third-order valence-electron chi connectivity index (χ3n) is 3.52. The quantitative estimate of drug-likeness (QED) is 0.774. The number of para-hydroxylation sites is 2. The van der Waals surface area contributed by atoms with Gasteiger partial charge in [-0.1, -0.05) is 24.3 Å². The molecule has 0 fully saturated rings. The third kappa shape index (κ3) is 2.05. The molecule has 0 atom stereocenters. The van der Waals surface area contributed by atoms with Gasteiger partial charge in [-0.15, -0.1) is 0 Å². The zero-order chi connectivity index (χ0) is 14.1. The number of hydrogen-bond acceptors (Lipinski definition) is 2. The lowest BCUT2D eigenvalue weighted by atomic mass is 10.0. The lowest BCUT2D eigenvalue weighted by Gasteiger charge is -2.10. The summed E-state index contributed by atoms with van der Waals surface area (Å²) in [6.07, 6.45) is 1.62. The molecular formula is C16H15N3O. The van der Waals surface area contributed by atoms with Crippen molar-refractivity contribution in [2.75, 3.05) is 5.43 Å². The van der Waals surface area contributed by atoms with E-state index in [1.165, 1.54) is 0 Å². The standard InChI is InChI=1S/C16H15N3O/c1-11-6-5-7-13(12(11)2)16(20)18-19-10-17-14-8-3-4-9-15(14)19/h3-10H,1-2H3,(H,18,20). The summed E-state index contributed by atoms with van der Waals surface area (Å²) in [4.78, 5) is 16.6. The van der Waals surface area contributed by atoms with Gasteiger partial charge in [0.05, 0.1) is 11.0 Å². The van der Waals surface area contributed by atoms with E-state index in [2.05, 4.69) is 10.4 Å². The number of imidazole rings is 1. The van der Waals surface area contributed by atoms with Crippen molar-refractivity contribution in [3.63, 3.8) is 0 Å². The molecule has 0 unspecified atom stereocenters. The lowest BCUT2D eigenvalue weighted by Crippen LogP contribution is -2.23. The number of carbonyl (C=O) groups is 1. The Balaban J connectivity index is 1.95. The Morgan fingerprint density at radius 3 is 2.75 bits per heavy atom. The number of rotatable bonds is 2. The SMILES string of the molecule is Cc1cccc(C(=O)Nn2cnc3ccccc32)c1C. The summed E-state index contributed by atoms with van der Waals surface area (Å²) >= 11 is 0. The topological polar surface area (TPSA) is 46.9 Å². The molecule has 0 aliphatic rings. The number of benzene rings is 2. The molecule has 3 rings (SSSR count). The maximum Gasteiger partial charge on any atom is 0.270 e. The fraction of sp³-hybridized carbons (Fsp3) is 0.125.